The molecule has 2 nitrogen and oxygen atoms in total. The quantitative estimate of drug-likeness (QED) is 0.730. The van der Waals surface area contributed by atoms with E-state index in [0.29, 0.717) is 6.42 Å². The summed E-state index contributed by atoms with van der Waals surface area (Å²) in [4.78, 5) is 2.52. The summed E-state index contributed by atoms with van der Waals surface area (Å²) >= 11 is 0. The molecule has 2 aromatic rings. The number of aryl methyl sites for hydroxylation is 1. The van der Waals surface area contributed by atoms with Crippen LogP contribution in [0.4, 0.5) is 0 Å². The molecule has 0 aliphatic carbocycles. The van der Waals surface area contributed by atoms with Crippen LogP contribution in [0.5, 0.6) is 0 Å². The predicted octanol–water partition coefficient (Wildman–Crippen LogP) is 5.43. The maximum Gasteiger partial charge on any atom is 0.0627 e. The summed E-state index contributed by atoms with van der Waals surface area (Å²) in [5, 5.41) is 8.97. The summed E-state index contributed by atoms with van der Waals surface area (Å²) in [5.74, 6) is 0. The molecule has 1 aliphatic rings. The molecule has 1 aliphatic heterocycles. The minimum atomic E-state index is 0.222. The number of hydrogen-bond donors (Lipinski definition) is 0. The third-order valence-corrected chi connectivity index (χ3v) is 5.62. The Morgan fingerprint density at radius 1 is 0.920 bits per heavy atom. The third kappa shape index (κ3) is 4.50. The number of piperidine rings is 1. The van der Waals surface area contributed by atoms with Crippen molar-refractivity contribution in [3.63, 3.8) is 0 Å². The molecule has 0 bridgehead atoms. The number of nitriles is 1. The Kier molecular flexibility index (Phi) is 5.56. The van der Waals surface area contributed by atoms with Gasteiger partial charge in [-0.2, -0.15) is 5.26 Å². The number of rotatable bonds is 5. The lowest BCUT2D eigenvalue weighted by Gasteiger charge is -2.38. The van der Waals surface area contributed by atoms with Gasteiger partial charge in [-0.1, -0.05) is 62.4 Å². The molecule has 2 aromatic carbocycles. The maximum atomic E-state index is 8.97. The fourth-order valence-corrected chi connectivity index (χ4v) is 3.61. The molecule has 0 unspecified atom stereocenters. The van der Waals surface area contributed by atoms with Gasteiger partial charge in [-0.3, -0.25) is 4.90 Å². The summed E-state index contributed by atoms with van der Waals surface area (Å²) in [7, 11) is 0. The summed E-state index contributed by atoms with van der Waals surface area (Å²) in [5.41, 5.74) is 5.55. The van der Waals surface area contributed by atoms with Gasteiger partial charge in [0.05, 0.1) is 6.07 Å². The van der Waals surface area contributed by atoms with Gasteiger partial charge in [0.2, 0.25) is 0 Å². The number of hydrogen-bond acceptors (Lipinski definition) is 2. The number of benzene rings is 2. The third-order valence-electron chi connectivity index (χ3n) is 5.62. The second-order valence-electron chi connectivity index (χ2n) is 7.67. The average molecular weight is 332 g/mol. The first-order valence-corrected chi connectivity index (χ1v) is 9.39. The van der Waals surface area contributed by atoms with E-state index in [-0.39, 0.29) is 5.41 Å². The Hall–Kier alpha value is -2.11. The Morgan fingerprint density at radius 2 is 1.44 bits per heavy atom. The van der Waals surface area contributed by atoms with Gasteiger partial charge in [-0.25, -0.2) is 0 Å². The first-order chi connectivity index (χ1) is 12.1. The van der Waals surface area contributed by atoms with E-state index < -0.39 is 0 Å². The van der Waals surface area contributed by atoms with E-state index in [1.54, 1.807) is 0 Å². The van der Waals surface area contributed by atoms with Gasteiger partial charge in [0.1, 0.15) is 0 Å². The van der Waals surface area contributed by atoms with Crippen molar-refractivity contribution in [2.24, 2.45) is 5.41 Å². The van der Waals surface area contributed by atoms with Crippen molar-refractivity contribution in [2.75, 3.05) is 13.1 Å². The molecular weight excluding hydrogens is 304 g/mol. The summed E-state index contributed by atoms with van der Waals surface area (Å²) < 4.78 is 0. The summed E-state index contributed by atoms with van der Waals surface area (Å²) in [6, 6.07) is 20.2. The number of nitrogens with zero attached hydrogens (tertiary/aromatic N) is 2. The lowest BCUT2D eigenvalue weighted by molar-refractivity contribution is 0.116. The molecule has 0 amide bonds. The van der Waals surface area contributed by atoms with E-state index in [1.165, 1.54) is 22.3 Å². The maximum absolute atomic E-state index is 8.97. The first kappa shape index (κ1) is 17.7. The molecule has 130 valence electrons. The topological polar surface area (TPSA) is 27.0 Å². The zero-order valence-corrected chi connectivity index (χ0v) is 15.5. The molecule has 0 atom stereocenters. The minimum Gasteiger partial charge on any atom is -0.299 e. The van der Waals surface area contributed by atoms with Crippen molar-refractivity contribution < 1.29 is 0 Å². The molecule has 0 spiro atoms. The van der Waals surface area contributed by atoms with Gasteiger partial charge >= 0.3 is 0 Å². The lowest BCUT2D eigenvalue weighted by atomic mass is 9.78. The van der Waals surface area contributed by atoms with E-state index in [0.717, 1.165) is 38.9 Å². The highest BCUT2D eigenvalue weighted by atomic mass is 15.1. The average Bonchev–Trinajstić information content (AvgIpc) is 2.65. The second-order valence-corrected chi connectivity index (χ2v) is 7.67. The van der Waals surface area contributed by atoms with Crippen molar-refractivity contribution in [3.05, 3.63) is 59.7 Å². The molecule has 0 aromatic heterocycles. The molecule has 3 rings (SSSR count). The molecule has 0 N–H and O–H groups in total. The van der Waals surface area contributed by atoms with E-state index in [1.807, 2.05) is 0 Å². The monoisotopic (exact) mass is 332 g/mol. The zero-order chi connectivity index (χ0) is 17.7. The van der Waals surface area contributed by atoms with Crippen LogP contribution in [0.3, 0.4) is 0 Å². The van der Waals surface area contributed by atoms with Crippen molar-refractivity contribution in [2.45, 2.75) is 46.1 Å². The Bertz CT molecular complexity index is 714. The van der Waals surface area contributed by atoms with Crippen LogP contribution in [-0.4, -0.2) is 18.0 Å². The smallest absolute Gasteiger partial charge is 0.0627 e. The second kappa shape index (κ2) is 7.85. The van der Waals surface area contributed by atoms with Gasteiger partial charge in [-0.05, 0) is 60.0 Å². The van der Waals surface area contributed by atoms with E-state index >= 15 is 0 Å². The Labute approximate surface area is 152 Å². The molecule has 25 heavy (non-hydrogen) atoms. The first-order valence-electron chi connectivity index (χ1n) is 9.39. The van der Waals surface area contributed by atoms with Crippen LogP contribution in [0, 0.1) is 16.7 Å². The molecule has 1 heterocycles. The number of likely N-dealkylation sites (tertiary alicyclic amines) is 1. The molecule has 1 fully saturated rings. The van der Waals surface area contributed by atoms with Gasteiger partial charge < -0.3 is 0 Å². The van der Waals surface area contributed by atoms with Crippen molar-refractivity contribution in [3.8, 4) is 17.2 Å². The standard InChI is InChI=1S/C23H28N2/c1-3-19-4-8-21(9-5-19)22-10-6-20(7-11-22)18-25-16-13-23(2,12-15-24)14-17-25/h4-11H,3,12-14,16-18H2,1-2H3. The zero-order valence-electron chi connectivity index (χ0n) is 15.5. The molecule has 1 saturated heterocycles. The van der Waals surface area contributed by atoms with Crippen LogP contribution < -0.4 is 0 Å². The van der Waals surface area contributed by atoms with E-state index in [2.05, 4.69) is 73.3 Å². The van der Waals surface area contributed by atoms with Crippen LogP contribution >= 0.6 is 0 Å². The predicted molar refractivity (Wildman–Crippen MR) is 104 cm³/mol. The minimum absolute atomic E-state index is 0.222. The highest BCUT2D eigenvalue weighted by Crippen LogP contribution is 2.34. The molecular formula is C23H28N2. The normalized spacial score (nSPS) is 17.2. The van der Waals surface area contributed by atoms with E-state index in [4.69, 9.17) is 5.26 Å². The van der Waals surface area contributed by atoms with Crippen LogP contribution in [0.2, 0.25) is 0 Å². The van der Waals surface area contributed by atoms with Gasteiger partial charge in [0, 0.05) is 13.0 Å². The van der Waals surface area contributed by atoms with Crippen molar-refractivity contribution in [1.29, 1.82) is 5.26 Å². The fourth-order valence-electron chi connectivity index (χ4n) is 3.61. The molecule has 0 radical (unpaired) electrons. The van der Waals surface area contributed by atoms with Crippen LogP contribution in [-0.2, 0) is 13.0 Å². The van der Waals surface area contributed by atoms with E-state index in [9.17, 15) is 0 Å². The molecule has 0 saturated carbocycles. The van der Waals surface area contributed by atoms with Gasteiger partial charge in [-0.15, -0.1) is 0 Å². The van der Waals surface area contributed by atoms with Gasteiger partial charge in [0.15, 0.2) is 0 Å². The SMILES string of the molecule is CCc1ccc(-c2ccc(CN3CCC(C)(CC#N)CC3)cc2)cc1. The van der Waals surface area contributed by atoms with Crippen molar-refractivity contribution in [1.82, 2.24) is 4.90 Å². The summed E-state index contributed by atoms with van der Waals surface area (Å²) in [6.07, 6.45) is 4.03. The Morgan fingerprint density at radius 3 is 1.92 bits per heavy atom. The van der Waals surface area contributed by atoms with Crippen molar-refractivity contribution >= 4 is 0 Å². The molecule has 2 heteroatoms. The highest BCUT2D eigenvalue weighted by Gasteiger charge is 2.29. The largest absolute Gasteiger partial charge is 0.299 e. The lowest BCUT2D eigenvalue weighted by Crippen LogP contribution is -2.38. The van der Waals surface area contributed by atoms with Crippen LogP contribution in [0.15, 0.2) is 48.5 Å². The van der Waals surface area contributed by atoms with Crippen LogP contribution in [0.1, 0.15) is 44.2 Å². The fraction of sp³-hybridized carbons (Fsp3) is 0.435. The van der Waals surface area contributed by atoms with Crippen LogP contribution in [0.25, 0.3) is 11.1 Å². The highest BCUT2D eigenvalue weighted by molar-refractivity contribution is 5.63. The summed E-state index contributed by atoms with van der Waals surface area (Å²) in [6.45, 7) is 7.65. The Balaban J connectivity index is 1.59. The van der Waals surface area contributed by atoms with Gasteiger partial charge in [0.25, 0.3) is 0 Å².